The first kappa shape index (κ1) is 9.19. The molecule has 2 unspecified atom stereocenters. The monoisotopic (exact) mass is 209 g/mol. The highest BCUT2D eigenvalue weighted by Gasteiger charge is 2.47. The van der Waals surface area contributed by atoms with Gasteiger partial charge in [-0.1, -0.05) is 0 Å². The fourth-order valence-corrected chi connectivity index (χ4v) is 3.24. The maximum Gasteiger partial charge on any atom is 0.306 e. The van der Waals surface area contributed by atoms with Gasteiger partial charge in [0.15, 0.2) is 0 Å². The van der Waals surface area contributed by atoms with E-state index in [9.17, 15) is 9.59 Å². The first-order valence-corrected chi connectivity index (χ1v) is 5.74. The Morgan fingerprint density at radius 1 is 1.27 bits per heavy atom. The summed E-state index contributed by atoms with van der Waals surface area (Å²) in [6, 6.07) is 0.274. The lowest BCUT2D eigenvalue weighted by Gasteiger charge is -2.27. The van der Waals surface area contributed by atoms with Crippen LogP contribution in [0.25, 0.3) is 0 Å². The second-order valence-electron chi connectivity index (χ2n) is 4.73. The summed E-state index contributed by atoms with van der Waals surface area (Å²) in [5.41, 5.74) is 0. The Morgan fingerprint density at radius 3 is 3.00 bits per heavy atom. The molecular weight excluding hydrogens is 194 g/mol. The predicted octanol–water partition coefficient (Wildman–Crippen LogP) is 0.703. The van der Waals surface area contributed by atoms with Gasteiger partial charge in [-0.05, 0) is 19.3 Å². The molecular formula is C11H15NO3. The highest BCUT2D eigenvalue weighted by molar-refractivity contribution is 5.79. The lowest BCUT2D eigenvalue weighted by molar-refractivity contribution is -0.141. The molecule has 0 N–H and O–H groups in total. The largest absolute Gasteiger partial charge is 0.462 e. The van der Waals surface area contributed by atoms with E-state index in [1.54, 1.807) is 0 Å². The Kier molecular flexibility index (Phi) is 1.97. The van der Waals surface area contributed by atoms with Gasteiger partial charge in [0, 0.05) is 24.9 Å². The van der Waals surface area contributed by atoms with Gasteiger partial charge in [-0.2, -0.15) is 0 Å². The van der Waals surface area contributed by atoms with Crippen LogP contribution >= 0.6 is 0 Å². The average molecular weight is 209 g/mol. The zero-order valence-corrected chi connectivity index (χ0v) is 8.65. The van der Waals surface area contributed by atoms with Crippen LogP contribution in [0, 0.1) is 5.92 Å². The number of nitrogens with zero attached hydrogens (tertiary/aromatic N) is 1. The molecule has 0 aliphatic carbocycles. The number of hydrogen-bond acceptors (Lipinski definition) is 3. The fraction of sp³-hybridized carbons (Fsp3) is 0.818. The van der Waals surface area contributed by atoms with Crippen LogP contribution in [0.4, 0.5) is 0 Å². The van der Waals surface area contributed by atoms with Gasteiger partial charge in [0.1, 0.15) is 6.10 Å². The van der Waals surface area contributed by atoms with Gasteiger partial charge in [0.2, 0.25) is 5.91 Å². The molecule has 0 aromatic carbocycles. The summed E-state index contributed by atoms with van der Waals surface area (Å²) in [6.45, 7) is 0.855. The topological polar surface area (TPSA) is 46.6 Å². The van der Waals surface area contributed by atoms with Crippen molar-refractivity contribution in [3.8, 4) is 0 Å². The molecule has 0 radical (unpaired) electrons. The molecule has 0 saturated carbocycles. The Labute approximate surface area is 88.6 Å². The number of amides is 1. The van der Waals surface area contributed by atoms with Crippen molar-refractivity contribution in [1.82, 2.24) is 4.90 Å². The van der Waals surface area contributed by atoms with Gasteiger partial charge in [-0.3, -0.25) is 9.59 Å². The van der Waals surface area contributed by atoms with E-state index in [0.29, 0.717) is 12.8 Å². The Morgan fingerprint density at radius 2 is 2.13 bits per heavy atom. The van der Waals surface area contributed by atoms with Crippen molar-refractivity contribution >= 4 is 11.9 Å². The molecule has 0 aromatic rings. The smallest absolute Gasteiger partial charge is 0.306 e. The van der Waals surface area contributed by atoms with Gasteiger partial charge in [0.05, 0.1) is 6.42 Å². The average Bonchev–Trinajstić information content (AvgIpc) is 2.68. The van der Waals surface area contributed by atoms with Gasteiger partial charge in [0.25, 0.3) is 0 Å². The lowest BCUT2D eigenvalue weighted by atomic mass is 9.90. The highest BCUT2D eigenvalue weighted by atomic mass is 16.5. The molecule has 3 aliphatic heterocycles. The summed E-state index contributed by atoms with van der Waals surface area (Å²) < 4.78 is 5.31. The van der Waals surface area contributed by atoms with E-state index in [-0.39, 0.29) is 29.9 Å². The zero-order chi connectivity index (χ0) is 10.4. The third kappa shape index (κ3) is 1.34. The number of fused-ring (bicyclic) bond motifs is 3. The van der Waals surface area contributed by atoms with Gasteiger partial charge < -0.3 is 9.64 Å². The first-order valence-electron chi connectivity index (χ1n) is 5.74. The van der Waals surface area contributed by atoms with Crippen LogP contribution in [0.1, 0.15) is 32.1 Å². The second-order valence-corrected chi connectivity index (χ2v) is 4.73. The SMILES string of the molecule is O=C1CC2C3CCC(=O)N3CCC[C@H]2O1. The summed E-state index contributed by atoms with van der Waals surface area (Å²) in [5.74, 6) is 0.456. The van der Waals surface area contributed by atoms with Gasteiger partial charge >= 0.3 is 5.97 Å². The van der Waals surface area contributed by atoms with Crippen LogP contribution in [0.2, 0.25) is 0 Å². The minimum atomic E-state index is -0.0776. The third-order valence-corrected chi connectivity index (χ3v) is 3.92. The van der Waals surface area contributed by atoms with Crippen molar-refractivity contribution < 1.29 is 14.3 Å². The number of esters is 1. The minimum Gasteiger partial charge on any atom is -0.462 e. The van der Waals surface area contributed by atoms with E-state index in [0.717, 1.165) is 25.8 Å². The van der Waals surface area contributed by atoms with Crippen molar-refractivity contribution in [1.29, 1.82) is 0 Å². The number of carbonyl (C=O) groups excluding carboxylic acids is 2. The summed E-state index contributed by atoms with van der Waals surface area (Å²) in [4.78, 5) is 24.9. The Balaban J connectivity index is 1.87. The maximum absolute atomic E-state index is 11.6. The van der Waals surface area contributed by atoms with Gasteiger partial charge in [-0.15, -0.1) is 0 Å². The van der Waals surface area contributed by atoms with E-state index < -0.39 is 0 Å². The van der Waals surface area contributed by atoms with Crippen LogP contribution in [-0.4, -0.2) is 35.5 Å². The van der Waals surface area contributed by atoms with E-state index >= 15 is 0 Å². The van der Waals surface area contributed by atoms with Crippen LogP contribution in [0.15, 0.2) is 0 Å². The molecule has 3 atom stereocenters. The molecule has 0 bridgehead atoms. The molecule has 3 rings (SSSR count). The highest BCUT2D eigenvalue weighted by Crippen LogP contribution is 2.38. The standard InChI is InChI=1S/C11H15NO3/c13-10-4-3-8-7-6-11(14)15-9(7)2-1-5-12(8)10/h7-9H,1-6H2/t7?,8?,9-/m1/s1. The van der Waals surface area contributed by atoms with Crippen molar-refractivity contribution in [3.05, 3.63) is 0 Å². The molecule has 3 saturated heterocycles. The third-order valence-electron chi connectivity index (χ3n) is 3.92. The van der Waals surface area contributed by atoms with Crippen LogP contribution in [-0.2, 0) is 14.3 Å². The van der Waals surface area contributed by atoms with E-state index in [2.05, 4.69) is 0 Å². The molecule has 0 aromatic heterocycles. The molecule has 3 heterocycles. The summed E-state index contributed by atoms with van der Waals surface area (Å²) >= 11 is 0. The number of ether oxygens (including phenoxy) is 1. The van der Waals surface area contributed by atoms with Crippen molar-refractivity contribution in [2.24, 2.45) is 5.92 Å². The van der Waals surface area contributed by atoms with Crippen molar-refractivity contribution in [2.45, 2.75) is 44.2 Å². The first-order chi connectivity index (χ1) is 7.25. The second kappa shape index (κ2) is 3.22. The molecule has 4 nitrogen and oxygen atoms in total. The molecule has 3 fully saturated rings. The number of rotatable bonds is 0. The van der Waals surface area contributed by atoms with Crippen molar-refractivity contribution in [2.75, 3.05) is 6.54 Å². The van der Waals surface area contributed by atoms with Gasteiger partial charge in [-0.25, -0.2) is 0 Å². The summed E-state index contributed by atoms with van der Waals surface area (Å²) in [7, 11) is 0. The molecule has 3 aliphatic rings. The maximum atomic E-state index is 11.6. The van der Waals surface area contributed by atoms with E-state index in [4.69, 9.17) is 4.74 Å². The van der Waals surface area contributed by atoms with Crippen LogP contribution in [0.3, 0.4) is 0 Å². The Hall–Kier alpha value is -1.06. The molecule has 15 heavy (non-hydrogen) atoms. The Bertz CT molecular complexity index is 315. The molecule has 82 valence electrons. The van der Waals surface area contributed by atoms with E-state index in [1.807, 2.05) is 4.90 Å². The summed E-state index contributed by atoms with van der Waals surface area (Å²) in [6.07, 6.45) is 4.06. The minimum absolute atomic E-state index is 0.0776. The zero-order valence-electron chi connectivity index (χ0n) is 8.65. The van der Waals surface area contributed by atoms with Crippen LogP contribution < -0.4 is 0 Å². The predicted molar refractivity (Wildman–Crippen MR) is 52.0 cm³/mol. The van der Waals surface area contributed by atoms with Crippen LogP contribution in [0.5, 0.6) is 0 Å². The summed E-state index contributed by atoms with van der Waals surface area (Å²) in [5, 5.41) is 0. The molecule has 4 heteroatoms. The van der Waals surface area contributed by atoms with E-state index in [1.165, 1.54) is 0 Å². The number of carbonyl (C=O) groups is 2. The van der Waals surface area contributed by atoms with Crippen molar-refractivity contribution in [3.63, 3.8) is 0 Å². The quantitative estimate of drug-likeness (QED) is 0.552. The fourth-order valence-electron chi connectivity index (χ4n) is 3.24. The number of hydrogen-bond donors (Lipinski definition) is 0. The molecule has 1 amide bonds. The normalized spacial score (nSPS) is 39.7. The lowest BCUT2D eigenvalue weighted by Crippen LogP contribution is -2.38. The molecule has 0 spiro atoms.